The van der Waals surface area contributed by atoms with Crippen molar-refractivity contribution in [3.8, 4) is 34.0 Å². The molecule has 0 atom stereocenters. The van der Waals surface area contributed by atoms with E-state index in [2.05, 4.69) is 15.1 Å². The lowest BCUT2D eigenvalue weighted by atomic mass is 10.1. The summed E-state index contributed by atoms with van der Waals surface area (Å²) in [6, 6.07) is 15.3. The topological polar surface area (TPSA) is 56.7 Å². The SMILES string of the molecule is Fc1ccccc1-c1nc2ccn(Cc3cc(-c4ccc(Cl)cc4Cl)no3)cc-2n1. The summed E-state index contributed by atoms with van der Waals surface area (Å²) in [4.78, 5) is 8.90. The molecule has 0 N–H and O–H groups in total. The molecule has 0 saturated heterocycles. The molecule has 2 aromatic carbocycles. The Morgan fingerprint density at radius 1 is 0.900 bits per heavy atom. The van der Waals surface area contributed by atoms with Crippen LogP contribution < -0.4 is 0 Å². The molecule has 30 heavy (non-hydrogen) atoms. The number of hydrogen-bond acceptors (Lipinski definition) is 4. The fourth-order valence-electron chi connectivity index (χ4n) is 3.20. The lowest BCUT2D eigenvalue weighted by Gasteiger charge is -2.04. The van der Waals surface area contributed by atoms with Crippen molar-refractivity contribution >= 4 is 23.2 Å². The van der Waals surface area contributed by atoms with Crippen molar-refractivity contribution in [2.45, 2.75) is 6.54 Å². The van der Waals surface area contributed by atoms with E-state index in [1.165, 1.54) is 6.07 Å². The van der Waals surface area contributed by atoms with Gasteiger partial charge in [0, 0.05) is 29.0 Å². The molecule has 3 aromatic rings. The number of pyridine rings is 1. The minimum Gasteiger partial charge on any atom is -0.359 e. The van der Waals surface area contributed by atoms with Gasteiger partial charge in [-0.3, -0.25) is 0 Å². The molecule has 1 aromatic heterocycles. The third kappa shape index (κ3) is 3.56. The first-order valence-electron chi connectivity index (χ1n) is 9.06. The van der Waals surface area contributed by atoms with E-state index in [9.17, 15) is 4.39 Å². The smallest absolute Gasteiger partial charge is 0.163 e. The predicted molar refractivity (Wildman–Crippen MR) is 113 cm³/mol. The lowest BCUT2D eigenvalue weighted by molar-refractivity contribution is 0.378. The van der Waals surface area contributed by atoms with Crippen molar-refractivity contribution in [2.75, 3.05) is 0 Å². The van der Waals surface area contributed by atoms with Crippen LogP contribution in [0.15, 0.2) is 71.5 Å². The maximum Gasteiger partial charge on any atom is 0.163 e. The van der Waals surface area contributed by atoms with E-state index >= 15 is 0 Å². The number of nitrogens with zero attached hydrogens (tertiary/aromatic N) is 4. The van der Waals surface area contributed by atoms with Crippen LogP contribution in [0.25, 0.3) is 34.0 Å². The molecule has 5 nitrogen and oxygen atoms in total. The number of halogens is 3. The zero-order valence-electron chi connectivity index (χ0n) is 15.4. The Kier molecular flexibility index (Phi) is 4.73. The highest BCUT2D eigenvalue weighted by Crippen LogP contribution is 2.30. The Labute approximate surface area is 181 Å². The first kappa shape index (κ1) is 18.8. The number of fused-ring (bicyclic) bond motifs is 1. The first-order chi connectivity index (χ1) is 14.6. The first-order valence-corrected chi connectivity index (χ1v) is 9.82. The number of benzene rings is 2. The van der Waals surface area contributed by atoms with Crippen LogP contribution in [-0.4, -0.2) is 19.7 Å². The zero-order valence-corrected chi connectivity index (χ0v) is 16.9. The van der Waals surface area contributed by atoms with Crippen LogP contribution in [0.1, 0.15) is 5.76 Å². The summed E-state index contributed by atoms with van der Waals surface area (Å²) in [6.07, 6.45) is 3.70. The molecule has 0 saturated carbocycles. The second kappa shape index (κ2) is 7.55. The van der Waals surface area contributed by atoms with Gasteiger partial charge < -0.3 is 9.09 Å². The van der Waals surface area contributed by atoms with Crippen LogP contribution in [0.5, 0.6) is 0 Å². The van der Waals surface area contributed by atoms with E-state index in [1.54, 1.807) is 36.4 Å². The molecule has 2 aliphatic heterocycles. The highest BCUT2D eigenvalue weighted by atomic mass is 35.5. The summed E-state index contributed by atoms with van der Waals surface area (Å²) in [6.45, 7) is 0.441. The fourth-order valence-corrected chi connectivity index (χ4v) is 3.71. The van der Waals surface area contributed by atoms with E-state index in [0.717, 1.165) is 5.56 Å². The van der Waals surface area contributed by atoms with Gasteiger partial charge in [-0.1, -0.05) is 40.5 Å². The van der Waals surface area contributed by atoms with Gasteiger partial charge in [-0.2, -0.15) is 0 Å². The standard InChI is InChI=1S/C22H13Cl2FN4O/c23-13-5-6-15(17(24)9-13)20-10-14(30-28-20)11-29-8-7-19-21(12-29)27-22(26-19)16-3-1-2-4-18(16)25/h1-10,12H,11H2. The Balaban J connectivity index is 1.42. The zero-order chi connectivity index (χ0) is 20.7. The van der Waals surface area contributed by atoms with E-state index in [0.29, 0.717) is 50.8 Å². The fraction of sp³-hybridized carbons (Fsp3) is 0.0455. The van der Waals surface area contributed by atoms with Crippen LogP contribution in [0.3, 0.4) is 0 Å². The van der Waals surface area contributed by atoms with E-state index in [1.807, 2.05) is 29.1 Å². The van der Waals surface area contributed by atoms with Crippen LogP contribution >= 0.6 is 23.2 Å². The van der Waals surface area contributed by atoms with E-state index < -0.39 is 0 Å². The van der Waals surface area contributed by atoms with Gasteiger partial charge >= 0.3 is 0 Å². The largest absolute Gasteiger partial charge is 0.359 e. The molecule has 148 valence electrons. The van der Waals surface area contributed by atoms with E-state index in [4.69, 9.17) is 27.7 Å². The van der Waals surface area contributed by atoms with Gasteiger partial charge in [0.2, 0.25) is 0 Å². The molecule has 8 heteroatoms. The van der Waals surface area contributed by atoms with Crippen molar-refractivity contribution in [3.63, 3.8) is 0 Å². The van der Waals surface area contributed by atoms with Crippen molar-refractivity contribution < 1.29 is 8.91 Å². The maximum atomic E-state index is 14.0. The lowest BCUT2D eigenvalue weighted by Crippen LogP contribution is -1.99. The molecule has 0 spiro atoms. The van der Waals surface area contributed by atoms with Crippen molar-refractivity contribution in [2.24, 2.45) is 0 Å². The quantitative estimate of drug-likeness (QED) is 0.335. The molecule has 2 aliphatic rings. The summed E-state index contributed by atoms with van der Waals surface area (Å²) in [5.74, 6) is 0.658. The highest BCUT2D eigenvalue weighted by molar-refractivity contribution is 6.36. The third-order valence-electron chi connectivity index (χ3n) is 4.65. The second-order valence-electron chi connectivity index (χ2n) is 6.72. The second-order valence-corrected chi connectivity index (χ2v) is 7.56. The molecule has 0 aliphatic carbocycles. The van der Waals surface area contributed by atoms with Gasteiger partial charge in [-0.15, -0.1) is 0 Å². The van der Waals surface area contributed by atoms with Gasteiger partial charge in [-0.25, -0.2) is 14.4 Å². The number of rotatable bonds is 4. The number of aromatic nitrogens is 4. The van der Waals surface area contributed by atoms with E-state index in [-0.39, 0.29) is 5.82 Å². The van der Waals surface area contributed by atoms with Crippen LogP contribution in [0, 0.1) is 5.82 Å². The molecular weight excluding hydrogens is 426 g/mol. The van der Waals surface area contributed by atoms with Gasteiger partial charge in [0.05, 0.1) is 22.8 Å². The van der Waals surface area contributed by atoms with Crippen molar-refractivity contribution in [1.29, 1.82) is 0 Å². The van der Waals surface area contributed by atoms with Gasteiger partial charge in [0.1, 0.15) is 17.2 Å². The highest BCUT2D eigenvalue weighted by Gasteiger charge is 2.16. The minimum absolute atomic E-state index is 0.351. The minimum atomic E-state index is -0.351. The monoisotopic (exact) mass is 438 g/mol. The summed E-state index contributed by atoms with van der Waals surface area (Å²) in [5, 5.41) is 5.16. The predicted octanol–water partition coefficient (Wildman–Crippen LogP) is 6.20. The maximum absolute atomic E-state index is 14.0. The summed E-state index contributed by atoms with van der Waals surface area (Å²) < 4.78 is 21.4. The molecule has 0 radical (unpaired) electrons. The molecule has 5 rings (SSSR count). The Morgan fingerprint density at radius 3 is 2.57 bits per heavy atom. The Bertz CT molecular complexity index is 1330. The average Bonchev–Trinajstić information content (AvgIpc) is 3.35. The molecule has 3 heterocycles. The van der Waals surface area contributed by atoms with Crippen LogP contribution in [0.2, 0.25) is 10.0 Å². The molecule has 0 amide bonds. The molecular formula is C22H13Cl2FN4O. The number of imidazole rings is 1. The van der Waals surface area contributed by atoms with Gasteiger partial charge in [0.15, 0.2) is 11.6 Å². The normalized spacial score (nSPS) is 11.3. The number of hydrogen-bond donors (Lipinski definition) is 0. The summed E-state index contributed by atoms with van der Waals surface area (Å²) >= 11 is 12.2. The van der Waals surface area contributed by atoms with Crippen LogP contribution in [0.4, 0.5) is 4.39 Å². The molecule has 0 unspecified atom stereocenters. The van der Waals surface area contributed by atoms with Gasteiger partial charge in [0.25, 0.3) is 0 Å². The Morgan fingerprint density at radius 2 is 1.73 bits per heavy atom. The third-order valence-corrected chi connectivity index (χ3v) is 5.19. The van der Waals surface area contributed by atoms with Crippen molar-refractivity contribution in [3.05, 3.63) is 88.6 Å². The molecule has 0 bridgehead atoms. The summed E-state index contributed by atoms with van der Waals surface area (Å²) in [5.41, 5.74) is 3.10. The van der Waals surface area contributed by atoms with Gasteiger partial charge in [-0.05, 0) is 36.4 Å². The van der Waals surface area contributed by atoms with Crippen LogP contribution in [-0.2, 0) is 6.54 Å². The average molecular weight is 439 g/mol. The molecule has 0 fully saturated rings. The van der Waals surface area contributed by atoms with Crippen molar-refractivity contribution in [1.82, 2.24) is 19.7 Å². The Hall–Kier alpha value is -3.22. The summed E-state index contributed by atoms with van der Waals surface area (Å²) in [7, 11) is 0.